The van der Waals surface area contributed by atoms with Crippen LogP contribution >= 0.6 is 12.6 Å². The molecular formula is C46H70N16O16S. The Morgan fingerprint density at radius 1 is 0.582 bits per heavy atom. The number of rotatable bonds is 36. The third kappa shape index (κ3) is 24.6. The average molecular weight is 1140 g/mol. The Bertz CT molecular complexity index is 2450. The molecule has 10 atom stereocenters. The molecule has 32 nitrogen and oxygen atoms in total. The number of aliphatic hydroxyl groups excluding tert-OH is 2. The maximum Gasteiger partial charge on any atom is 0.325 e. The number of aliphatic carboxylic acids is 2. The summed E-state index contributed by atoms with van der Waals surface area (Å²) < 4.78 is 0. The number of nitrogens with zero attached hydrogens (tertiary/aromatic N) is 2. The summed E-state index contributed by atoms with van der Waals surface area (Å²) in [5, 5.41) is 60.0. The Morgan fingerprint density at radius 2 is 1.01 bits per heavy atom. The van der Waals surface area contributed by atoms with Gasteiger partial charge < -0.3 is 96.2 Å². The number of aromatic amines is 1. The molecule has 0 bridgehead atoms. The summed E-state index contributed by atoms with van der Waals surface area (Å²) in [6.07, 6.45) is -0.160. The van der Waals surface area contributed by atoms with E-state index < -0.39 is 176 Å². The summed E-state index contributed by atoms with van der Waals surface area (Å²) in [5.74, 6) is -13.9. The number of carboxylic acids is 2. The van der Waals surface area contributed by atoms with Crippen LogP contribution in [0.1, 0.15) is 63.6 Å². The number of nitrogens with one attached hydrogen (secondary N) is 10. The van der Waals surface area contributed by atoms with Crippen LogP contribution in [0, 0.1) is 0 Å². The highest BCUT2D eigenvalue weighted by Gasteiger charge is 2.35. The number of hydrogen-bond donors (Lipinski definition) is 19. The first-order chi connectivity index (χ1) is 37.3. The molecule has 436 valence electrons. The van der Waals surface area contributed by atoms with Gasteiger partial charge >= 0.3 is 11.9 Å². The summed E-state index contributed by atoms with van der Waals surface area (Å²) in [4.78, 5) is 167. The number of benzene rings is 1. The molecule has 0 spiro atoms. The van der Waals surface area contributed by atoms with Gasteiger partial charge in [-0.15, -0.1) is 0 Å². The van der Waals surface area contributed by atoms with Crippen LogP contribution in [-0.2, 0) is 70.4 Å². The van der Waals surface area contributed by atoms with E-state index in [9.17, 15) is 78.0 Å². The van der Waals surface area contributed by atoms with Gasteiger partial charge in [0.25, 0.3) is 0 Å². The quantitative estimate of drug-likeness (QED) is 0.0130. The van der Waals surface area contributed by atoms with E-state index in [1.165, 1.54) is 26.4 Å². The minimum Gasteiger partial charge on any atom is -0.481 e. The van der Waals surface area contributed by atoms with Gasteiger partial charge in [-0.05, 0) is 45.1 Å². The summed E-state index contributed by atoms with van der Waals surface area (Å²) >= 11 is 4.12. The van der Waals surface area contributed by atoms with Gasteiger partial charge in [0.1, 0.15) is 54.4 Å². The Kier molecular flexibility index (Phi) is 29.0. The number of imidazole rings is 1. The lowest BCUT2D eigenvalue weighted by atomic mass is 10.0. The molecule has 1 aromatic carbocycles. The second-order valence-electron chi connectivity index (χ2n) is 17.8. The van der Waals surface area contributed by atoms with E-state index in [0.29, 0.717) is 11.3 Å². The van der Waals surface area contributed by atoms with E-state index in [4.69, 9.17) is 22.9 Å². The zero-order chi connectivity index (χ0) is 59.4. The summed E-state index contributed by atoms with van der Waals surface area (Å²) in [6.45, 7) is 0.244. The van der Waals surface area contributed by atoms with E-state index in [0.717, 1.165) is 0 Å². The highest BCUT2D eigenvalue weighted by Crippen LogP contribution is 2.09. The molecule has 0 unspecified atom stereocenters. The van der Waals surface area contributed by atoms with Gasteiger partial charge in [0.15, 0.2) is 5.96 Å². The number of H-pyrrole nitrogens is 1. The predicted octanol–water partition coefficient (Wildman–Crippen LogP) is -7.89. The number of aliphatic imine (C=N–C) groups is 1. The molecule has 0 aliphatic carbocycles. The number of primary amides is 1. The van der Waals surface area contributed by atoms with Gasteiger partial charge in [-0.25, -0.2) is 4.98 Å². The fraction of sp³-hybridized carbons (Fsp3) is 0.522. The van der Waals surface area contributed by atoms with Crippen molar-refractivity contribution in [1.29, 1.82) is 0 Å². The van der Waals surface area contributed by atoms with Crippen LogP contribution in [0.15, 0.2) is 47.8 Å². The van der Waals surface area contributed by atoms with Crippen molar-refractivity contribution in [1.82, 2.24) is 57.8 Å². The van der Waals surface area contributed by atoms with Gasteiger partial charge in [-0.3, -0.25) is 62.5 Å². The van der Waals surface area contributed by atoms with Gasteiger partial charge in [-0.1, -0.05) is 30.3 Å². The molecule has 2 aromatic rings. The van der Waals surface area contributed by atoms with Crippen LogP contribution in [0.25, 0.3) is 0 Å². The monoisotopic (exact) mass is 1130 g/mol. The highest BCUT2D eigenvalue weighted by atomic mass is 32.1. The van der Waals surface area contributed by atoms with Crippen LogP contribution in [0.3, 0.4) is 0 Å². The maximum absolute atomic E-state index is 14.1. The van der Waals surface area contributed by atoms with Crippen LogP contribution in [0.2, 0.25) is 0 Å². The van der Waals surface area contributed by atoms with Gasteiger partial charge in [0.05, 0.1) is 25.6 Å². The summed E-state index contributed by atoms with van der Waals surface area (Å²) in [5.41, 5.74) is 22.7. The highest BCUT2D eigenvalue weighted by molar-refractivity contribution is 7.80. The van der Waals surface area contributed by atoms with Crippen molar-refractivity contribution in [3.05, 3.63) is 54.1 Å². The number of aromatic nitrogens is 2. The molecule has 0 saturated heterocycles. The Labute approximate surface area is 457 Å². The molecule has 0 aliphatic heterocycles. The fourth-order valence-electron chi connectivity index (χ4n) is 6.92. The van der Waals surface area contributed by atoms with Crippen LogP contribution in [0.5, 0.6) is 0 Å². The second-order valence-corrected chi connectivity index (χ2v) is 18.1. The van der Waals surface area contributed by atoms with Gasteiger partial charge in [0, 0.05) is 49.9 Å². The number of hydrogen-bond acceptors (Lipinski definition) is 18. The first-order valence-corrected chi connectivity index (χ1v) is 25.0. The molecular weight excluding hydrogens is 1060 g/mol. The molecule has 1 heterocycles. The van der Waals surface area contributed by atoms with E-state index in [1.54, 1.807) is 30.3 Å². The number of thiol groups is 1. The van der Waals surface area contributed by atoms with Crippen molar-refractivity contribution in [3.63, 3.8) is 0 Å². The van der Waals surface area contributed by atoms with Gasteiger partial charge in [0.2, 0.25) is 59.1 Å². The fourth-order valence-corrected chi connectivity index (χ4v) is 7.17. The molecule has 22 N–H and O–H groups in total. The van der Waals surface area contributed by atoms with E-state index >= 15 is 0 Å². The van der Waals surface area contributed by atoms with Crippen molar-refractivity contribution in [3.8, 4) is 0 Å². The number of guanidine groups is 1. The third-order valence-electron chi connectivity index (χ3n) is 11.3. The molecule has 79 heavy (non-hydrogen) atoms. The van der Waals surface area contributed by atoms with Crippen molar-refractivity contribution in [2.24, 2.45) is 27.9 Å². The lowest BCUT2D eigenvalue weighted by Gasteiger charge is -2.27. The molecule has 0 radical (unpaired) electrons. The molecule has 2 rings (SSSR count). The van der Waals surface area contributed by atoms with Gasteiger partial charge in [-0.2, -0.15) is 12.6 Å². The number of carbonyl (C=O) groups excluding carboxylic acids is 10. The molecule has 0 aliphatic rings. The largest absolute Gasteiger partial charge is 0.481 e. The van der Waals surface area contributed by atoms with Crippen LogP contribution in [-0.4, -0.2) is 193 Å². The van der Waals surface area contributed by atoms with Crippen molar-refractivity contribution < 1.29 is 78.0 Å². The number of carboxylic acid groups (broad SMARTS) is 2. The number of aliphatic hydroxyl groups is 2. The SMILES string of the molecule is C[C@H](N)C(=O)N[C@@H](CCC(=O)O)C(=O)N[C@@H](Cc1ccccc1)C(=O)N[C@@H](CO)C(=O)N[C@@H](CCCN=C(N)N)C(=O)N[C@@H](CCC(N)=O)C(=O)N[C@@H](CS)C(=O)N[C@@H](CO)C(=O)N[C@@H](Cc1cnc[nH]1)C(=O)N[C@@H](C)C(=O)O. The lowest BCUT2D eigenvalue weighted by Crippen LogP contribution is -2.61. The standard InChI is InChI=1S/C46H70N16O16S/c1-22(47)36(68)55-28(11-13-35(66)67)38(70)58-29(15-24-7-4-3-5-8-24)41(73)60-31(18-63)42(74)56-26(9-6-14-52-46(49)50)37(69)57-27(10-12-34(48)65)39(71)62-33(20-79)44(76)61-32(19-64)43(75)59-30(16-25-17-51-21-53-25)40(72)54-23(2)45(77)78/h3-5,7-8,17,21-23,26-33,63-64,79H,6,9-16,18-20,47H2,1-2H3,(H2,48,65)(H,51,53)(H,54,72)(H,55,68)(H,56,74)(H,57,69)(H,58,70)(H,59,75)(H,60,73)(H,61,76)(H,62,71)(H,66,67)(H,77,78)(H4,49,50,52)/t22-,23-,26-,27-,28-,29-,30-,31-,32-,33-/m0/s1. The molecule has 10 amide bonds. The number of amides is 10. The van der Waals surface area contributed by atoms with E-state index in [2.05, 4.69) is 75.4 Å². The average Bonchev–Trinajstić information content (AvgIpc) is 3.91. The zero-order valence-electron chi connectivity index (χ0n) is 43.1. The Hall–Kier alpha value is -8.43. The maximum atomic E-state index is 14.1. The smallest absolute Gasteiger partial charge is 0.325 e. The molecule has 33 heteroatoms. The Balaban J connectivity index is 2.38. The second kappa shape index (κ2) is 34.4. The summed E-state index contributed by atoms with van der Waals surface area (Å²) in [6, 6.07) is -7.40. The first kappa shape index (κ1) is 66.7. The van der Waals surface area contributed by atoms with E-state index in [-0.39, 0.29) is 38.2 Å². The predicted molar refractivity (Wildman–Crippen MR) is 280 cm³/mol. The minimum absolute atomic E-state index is 0.0180. The molecule has 0 fully saturated rings. The van der Waals surface area contributed by atoms with Crippen molar-refractivity contribution in [2.75, 3.05) is 25.5 Å². The van der Waals surface area contributed by atoms with Crippen molar-refractivity contribution in [2.45, 2.75) is 126 Å². The number of carbonyl (C=O) groups is 12. The van der Waals surface area contributed by atoms with Crippen LogP contribution in [0.4, 0.5) is 0 Å². The number of nitrogens with two attached hydrogens (primary N) is 4. The molecule has 1 aromatic heterocycles. The lowest BCUT2D eigenvalue weighted by molar-refractivity contribution is -0.142. The first-order valence-electron chi connectivity index (χ1n) is 24.4. The summed E-state index contributed by atoms with van der Waals surface area (Å²) in [7, 11) is 0. The normalized spacial score (nSPS) is 14.7. The van der Waals surface area contributed by atoms with Crippen LogP contribution < -0.4 is 70.8 Å². The van der Waals surface area contributed by atoms with E-state index in [1.807, 2.05) is 0 Å². The Morgan fingerprint density at radius 3 is 1.47 bits per heavy atom. The minimum atomic E-state index is -1.84. The topological polar surface area (TPSA) is 539 Å². The molecule has 0 saturated carbocycles. The third-order valence-corrected chi connectivity index (χ3v) is 11.7. The van der Waals surface area contributed by atoms with Crippen molar-refractivity contribution >= 4 is 89.6 Å². The zero-order valence-corrected chi connectivity index (χ0v) is 44.0.